The van der Waals surface area contributed by atoms with Gasteiger partial charge in [-0.25, -0.2) is 4.68 Å². The van der Waals surface area contributed by atoms with Crippen LogP contribution in [-0.2, 0) is 26.4 Å². The van der Waals surface area contributed by atoms with E-state index in [1.165, 1.54) is 0 Å². The standard InChI is InChI=1S/C22H32N6O4/c1-18-5-3-6-19(15-18)32-16-20(29)26-8-4-7-22(17-26,27-9-13-31-14-10-27)21-23-24-25-28(21)11-12-30-2/h3,5-6,15H,4,7-14,16-17H2,1-2H3. The van der Waals surface area contributed by atoms with Crippen LogP contribution in [0.25, 0.3) is 0 Å². The molecule has 0 radical (unpaired) electrons. The minimum absolute atomic E-state index is 0.0112. The fraction of sp³-hybridized carbons (Fsp3) is 0.636. The molecule has 0 saturated carbocycles. The Kier molecular flexibility index (Phi) is 7.33. The number of morpholine rings is 1. The lowest BCUT2D eigenvalue weighted by Crippen LogP contribution is -2.61. The predicted octanol–water partition coefficient (Wildman–Crippen LogP) is 0.857. The van der Waals surface area contributed by atoms with Crippen LogP contribution in [0.3, 0.4) is 0 Å². The second kappa shape index (κ2) is 10.4. The number of likely N-dealkylation sites (tertiary alicyclic amines) is 1. The zero-order valence-electron chi connectivity index (χ0n) is 18.9. The highest BCUT2D eigenvalue weighted by molar-refractivity contribution is 5.78. The maximum Gasteiger partial charge on any atom is 0.260 e. The first kappa shape index (κ1) is 22.6. The van der Waals surface area contributed by atoms with Crippen LogP contribution in [0.4, 0.5) is 0 Å². The van der Waals surface area contributed by atoms with Crippen LogP contribution < -0.4 is 4.74 Å². The van der Waals surface area contributed by atoms with Crippen molar-refractivity contribution in [1.82, 2.24) is 30.0 Å². The van der Waals surface area contributed by atoms with Gasteiger partial charge >= 0.3 is 0 Å². The molecule has 1 unspecified atom stereocenters. The van der Waals surface area contributed by atoms with E-state index < -0.39 is 5.54 Å². The number of aromatic nitrogens is 4. The van der Waals surface area contributed by atoms with Crippen LogP contribution >= 0.6 is 0 Å². The van der Waals surface area contributed by atoms with Crippen molar-refractivity contribution >= 4 is 5.91 Å². The molecule has 2 fully saturated rings. The van der Waals surface area contributed by atoms with E-state index in [2.05, 4.69) is 20.4 Å². The number of carbonyl (C=O) groups is 1. The lowest BCUT2D eigenvalue weighted by molar-refractivity contribution is -0.140. The third kappa shape index (κ3) is 4.92. The molecule has 0 aliphatic carbocycles. The number of aryl methyl sites for hydroxylation is 1. The van der Waals surface area contributed by atoms with E-state index >= 15 is 0 Å². The van der Waals surface area contributed by atoms with Crippen molar-refractivity contribution in [2.75, 3.05) is 59.7 Å². The summed E-state index contributed by atoms with van der Waals surface area (Å²) in [5, 5.41) is 12.6. The Labute approximate surface area is 188 Å². The van der Waals surface area contributed by atoms with Crippen LogP contribution in [0.5, 0.6) is 5.75 Å². The van der Waals surface area contributed by atoms with Crippen LogP contribution in [0.1, 0.15) is 24.2 Å². The number of benzene rings is 1. The lowest BCUT2D eigenvalue weighted by atomic mass is 9.85. The van der Waals surface area contributed by atoms with Crippen molar-refractivity contribution in [3.05, 3.63) is 35.7 Å². The molecule has 4 rings (SSSR count). The molecule has 0 spiro atoms. The lowest BCUT2D eigenvalue weighted by Gasteiger charge is -2.49. The summed E-state index contributed by atoms with van der Waals surface area (Å²) in [6, 6.07) is 7.74. The average molecular weight is 445 g/mol. The molecule has 2 saturated heterocycles. The average Bonchev–Trinajstić information content (AvgIpc) is 3.31. The number of piperidine rings is 1. The summed E-state index contributed by atoms with van der Waals surface area (Å²) in [6.45, 7) is 7.19. The first-order chi connectivity index (χ1) is 15.6. The van der Waals surface area contributed by atoms with Gasteiger partial charge in [0, 0.05) is 33.3 Å². The smallest absolute Gasteiger partial charge is 0.260 e. The molecule has 1 aromatic carbocycles. The molecular formula is C22H32N6O4. The summed E-state index contributed by atoms with van der Waals surface area (Å²) in [6.07, 6.45) is 1.74. The molecule has 32 heavy (non-hydrogen) atoms. The van der Waals surface area contributed by atoms with E-state index in [0.717, 1.165) is 37.3 Å². The molecule has 1 atom stereocenters. The number of carbonyl (C=O) groups excluding carboxylic acids is 1. The van der Waals surface area contributed by atoms with Gasteiger partial charge in [-0.2, -0.15) is 0 Å². The van der Waals surface area contributed by atoms with Crippen LogP contribution in [0.2, 0.25) is 0 Å². The Balaban J connectivity index is 1.54. The molecule has 0 N–H and O–H groups in total. The third-order valence-electron chi connectivity index (χ3n) is 6.25. The van der Waals surface area contributed by atoms with E-state index in [9.17, 15) is 4.79 Å². The molecule has 3 heterocycles. The minimum atomic E-state index is -0.460. The van der Waals surface area contributed by atoms with Gasteiger partial charge in [0.25, 0.3) is 5.91 Å². The number of hydrogen-bond acceptors (Lipinski definition) is 8. The van der Waals surface area contributed by atoms with Gasteiger partial charge in [-0.3, -0.25) is 9.69 Å². The number of rotatable bonds is 8. The molecule has 2 aromatic rings. The third-order valence-corrected chi connectivity index (χ3v) is 6.25. The second-order valence-corrected chi connectivity index (χ2v) is 8.37. The Bertz CT molecular complexity index is 900. The molecule has 2 aliphatic rings. The van der Waals surface area contributed by atoms with Gasteiger partial charge < -0.3 is 19.1 Å². The molecule has 2 aliphatic heterocycles. The van der Waals surface area contributed by atoms with E-state index in [1.54, 1.807) is 7.11 Å². The van der Waals surface area contributed by atoms with E-state index in [-0.39, 0.29) is 12.5 Å². The molecule has 1 amide bonds. The summed E-state index contributed by atoms with van der Waals surface area (Å²) >= 11 is 0. The quantitative estimate of drug-likeness (QED) is 0.592. The van der Waals surface area contributed by atoms with Crippen molar-refractivity contribution in [3.63, 3.8) is 0 Å². The molecular weight excluding hydrogens is 412 g/mol. The number of amides is 1. The van der Waals surface area contributed by atoms with Crippen molar-refractivity contribution in [2.24, 2.45) is 0 Å². The first-order valence-electron chi connectivity index (χ1n) is 11.2. The highest BCUT2D eigenvalue weighted by Gasteiger charge is 2.47. The maximum absolute atomic E-state index is 13.1. The van der Waals surface area contributed by atoms with Gasteiger partial charge in [0.1, 0.15) is 11.3 Å². The van der Waals surface area contributed by atoms with Crippen molar-refractivity contribution in [3.8, 4) is 5.75 Å². The van der Waals surface area contributed by atoms with Crippen molar-refractivity contribution < 1.29 is 19.0 Å². The molecule has 10 heteroatoms. The normalized spacial score (nSPS) is 22.1. The Morgan fingerprint density at radius 3 is 2.88 bits per heavy atom. The summed E-state index contributed by atoms with van der Waals surface area (Å²) < 4.78 is 18.5. The maximum atomic E-state index is 13.1. The van der Waals surface area contributed by atoms with Crippen LogP contribution in [0.15, 0.2) is 24.3 Å². The zero-order chi connectivity index (χ0) is 22.4. The van der Waals surface area contributed by atoms with E-state index in [4.69, 9.17) is 14.2 Å². The highest BCUT2D eigenvalue weighted by Crippen LogP contribution is 2.37. The van der Waals surface area contributed by atoms with E-state index in [0.29, 0.717) is 45.2 Å². The number of tetrazole rings is 1. The number of hydrogen-bond donors (Lipinski definition) is 0. The molecule has 0 bridgehead atoms. The summed E-state index contributed by atoms with van der Waals surface area (Å²) in [4.78, 5) is 17.4. The fourth-order valence-electron chi connectivity index (χ4n) is 4.63. The predicted molar refractivity (Wildman–Crippen MR) is 116 cm³/mol. The largest absolute Gasteiger partial charge is 0.484 e. The fourth-order valence-corrected chi connectivity index (χ4v) is 4.63. The zero-order valence-corrected chi connectivity index (χ0v) is 18.9. The van der Waals surface area contributed by atoms with Gasteiger partial charge in [0.05, 0.1) is 26.4 Å². The summed E-state index contributed by atoms with van der Waals surface area (Å²) in [7, 11) is 1.66. The Morgan fingerprint density at radius 1 is 1.25 bits per heavy atom. The second-order valence-electron chi connectivity index (χ2n) is 8.37. The van der Waals surface area contributed by atoms with Crippen LogP contribution in [0, 0.1) is 6.92 Å². The summed E-state index contributed by atoms with van der Waals surface area (Å²) in [5.41, 5.74) is 0.639. The van der Waals surface area contributed by atoms with Gasteiger partial charge in [0.15, 0.2) is 12.4 Å². The monoisotopic (exact) mass is 444 g/mol. The molecule has 10 nitrogen and oxygen atoms in total. The highest BCUT2D eigenvalue weighted by atomic mass is 16.5. The van der Waals surface area contributed by atoms with E-state index in [1.807, 2.05) is 40.8 Å². The first-order valence-corrected chi connectivity index (χ1v) is 11.2. The van der Waals surface area contributed by atoms with Gasteiger partial charge in [-0.05, 0) is 47.9 Å². The number of nitrogens with zero attached hydrogens (tertiary/aromatic N) is 6. The van der Waals surface area contributed by atoms with Crippen LogP contribution in [-0.4, -0.2) is 95.6 Å². The topological polar surface area (TPSA) is 94.8 Å². The van der Waals surface area contributed by atoms with Crippen molar-refractivity contribution in [1.29, 1.82) is 0 Å². The van der Waals surface area contributed by atoms with Crippen molar-refractivity contribution in [2.45, 2.75) is 31.8 Å². The van der Waals surface area contributed by atoms with Gasteiger partial charge in [-0.1, -0.05) is 12.1 Å². The van der Waals surface area contributed by atoms with Gasteiger partial charge in [-0.15, -0.1) is 5.10 Å². The Hall–Kier alpha value is -2.56. The Morgan fingerprint density at radius 2 is 2.09 bits per heavy atom. The summed E-state index contributed by atoms with van der Waals surface area (Å²) in [5.74, 6) is 1.46. The number of methoxy groups -OCH3 is 1. The minimum Gasteiger partial charge on any atom is -0.484 e. The molecule has 174 valence electrons. The molecule has 1 aromatic heterocycles. The van der Waals surface area contributed by atoms with Gasteiger partial charge in [0.2, 0.25) is 0 Å². The SMILES string of the molecule is COCCn1nnnc1C1(N2CCOCC2)CCCN(C(=O)COc2cccc(C)c2)C1. The number of ether oxygens (including phenoxy) is 3.